The summed E-state index contributed by atoms with van der Waals surface area (Å²) in [6.45, 7) is 9.26. The fourth-order valence-electron chi connectivity index (χ4n) is 2.83. The van der Waals surface area contributed by atoms with Gasteiger partial charge in [-0.15, -0.1) is 0 Å². The Balaban J connectivity index is 1.94. The molecule has 2 rings (SSSR count). The molecule has 3 atom stereocenters. The molecule has 1 aliphatic heterocycles. The normalized spacial score (nSPS) is 24.3. The predicted molar refractivity (Wildman–Crippen MR) is 90.3 cm³/mol. The number of rotatable bonds is 7. The van der Waals surface area contributed by atoms with Gasteiger partial charge in [0.05, 0.1) is 32.5 Å². The minimum Gasteiger partial charge on any atom is -0.466 e. The van der Waals surface area contributed by atoms with Gasteiger partial charge in [0.1, 0.15) is 5.92 Å². The van der Waals surface area contributed by atoms with Crippen molar-refractivity contribution in [3.8, 4) is 0 Å². The summed E-state index contributed by atoms with van der Waals surface area (Å²) in [7, 11) is 0. The first-order valence-electron chi connectivity index (χ1n) is 8.53. The minimum atomic E-state index is -0.707. The number of carbonyl (C=O) groups is 1. The molecule has 0 bridgehead atoms. The molecule has 0 aromatic heterocycles. The summed E-state index contributed by atoms with van der Waals surface area (Å²) in [6, 6.07) is 10.0. The molecular weight excluding hydrogens is 308 g/mol. The van der Waals surface area contributed by atoms with Gasteiger partial charge < -0.3 is 18.9 Å². The first-order chi connectivity index (χ1) is 11.4. The first-order valence-corrected chi connectivity index (χ1v) is 8.53. The Kier molecular flexibility index (Phi) is 6.78. The van der Waals surface area contributed by atoms with Gasteiger partial charge in [0.25, 0.3) is 0 Å². The van der Waals surface area contributed by atoms with Crippen LogP contribution in [0.4, 0.5) is 0 Å². The Labute approximate surface area is 144 Å². The zero-order chi connectivity index (χ0) is 17.6. The molecule has 1 aliphatic rings. The number of benzene rings is 1. The maximum Gasteiger partial charge on any atom is 0.313 e. The van der Waals surface area contributed by atoms with Crippen LogP contribution in [0, 0.1) is 11.8 Å². The van der Waals surface area contributed by atoms with Crippen LogP contribution in [0.25, 0.3) is 0 Å². The topological polar surface area (TPSA) is 54.0 Å². The van der Waals surface area contributed by atoms with Gasteiger partial charge in [-0.3, -0.25) is 4.79 Å². The third-order valence-corrected chi connectivity index (χ3v) is 4.07. The molecule has 1 heterocycles. The Morgan fingerprint density at radius 3 is 2.71 bits per heavy atom. The summed E-state index contributed by atoms with van der Waals surface area (Å²) in [5.41, 5.74) is 1.12. The van der Waals surface area contributed by atoms with E-state index in [0.29, 0.717) is 26.4 Å². The van der Waals surface area contributed by atoms with E-state index in [2.05, 4.69) is 0 Å². The van der Waals surface area contributed by atoms with Crippen LogP contribution < -0.4 is 0 Å². The Hall–Kier alpha value is -1.43. The molecule has 1 aromatic rings. The Bertz CT molecular complexity index is 514. The van der Waals surface area contributed by atoms with Crippen molar-refractivity contribution < 1.29 is 23.7 Å². The molecule has 0 aliphatic carbocycles. The lowest BCUT2D eigenvalue weighted by Crippen LogP contribution is -2.52. The van der Waals surface area contributed by atoms with Crippen molar-refractivity contribution in [2.24, 2.45) is 11.8 Å². The molecule has 0 radical (unpaired) electrons. The number of hydrogen-bond donors (Lipinski definition) is 0. The summed E-state index contributed by atoms with van der Waals surface area (Å²) in [6.07, 6.45) is -0.288. The fraction of sp³-hybridized carbons (Fsp3) is 0.632. The van der Waals surface area contributed by atoms with E-state index in [0.717, 1.165) is 5.56 Å². The molecule has 1 fully saturated rings. The highest BCUT2D eigenvalue weighted by molar-refractivity contribution is 5.73. The second kappa shape index (κ2) is 8.60. The van der Waals surface area contributed by atoms with E-state index < -0.39 is 11.7 Å². The largest absolute Gasteiger partial charge is 0.466 e. The van der Waals surface area contributed by atoms with Crippen molar-refractivity contribution in [3.63, 3.8) is 0 Å². The van der Waals surface area contributed by atoms with Gasteiger partial charge in [-0.05, 0) is 26.3 Å². The Morgan fingerprint density at radius 2 is 2.04 bits per heavy atom. The molecule has 0 saturated carbocycles. The van der Waals surface area contributed by atoms with Crippen LogP contribution in [0.15, 0.2) is 30.3 Å². The quantitative estimate of drug-likeness (QED) is 0.716. The van der Waals surface area contributed by atoms with Crippen LogP contribution in [0.3, 0.4) is 0 Å². The smallest absolute Gasteiger partial charge is 0.313 e. The van der Waals surface area contributed by atoms with Crippen molar-refractivity contribution in [3.05, 3.63) is 35.9 Å². The van der Waals surface area contributed by atoms with Crippen molar-refractivity contribution in [2.75, 3.05) is 19.8 Å². The number of hydrogen-bond acceptors (Lipinski definition) is 5. The van der Waals surface area contributed by atoms with Crippen LogP contribution in [0.2, 0.25) is 0 Å². The van der Waals surface area contributed by atoms with Crippen LogP contribution in [-0.2, 0) is 30.3 Å². The highest BCUT2D eigenvalue weighted by Crippen LogP contribution is 2.31. The fourth-order valence-corrected chi connectivity index (χ4v) is 2.83. The van der Waals surface area contributed by atoms with Gasteiger partial charge >= 0.3 is 5.97 Å². The molecule has 1 saturated heterocycles. The summed E-state index contributed by atoms with van der Waals surface area (Å²) in [5, 5.41) is 0. The number of ether oxygens (including phenoxy) is 4. The van der Waals surface area contributed by atoms with Crippen molar-refractivity contribution in [1.29, 1.82) is 0 Å². The van der Waals surface area contributed by atoms with Crippen LogP contribution in [0.1, 0.15) is 33.3 Å². The molecule has 0 spiro atoms. The van der Waals surface area contributed by atoms with E-state index in [-0.39, 0.29) is 18.0 Å². The third-order valence-electron chi connectivity index (χ3n) is 4.07. The van der Waals surface area contributed by atoms with E-state index >= 15 is 0 Å². The zero-order valence-electron chi connectivity index (χ0n) is 15.0. The average Bonchev–Trinajstić information content (AvgIpc) is 2.55. The monoisotopic (exact) mass is 336 g/mol. The van der Waals surface area contributed by atoms with Crippen LogP contribution in [-0.4, -0.2) is 37.7 Å². The standard InChI is InChI=1S/C19H28O5/c1-5-22-18(20)16-13-23-19(3,4)24-17(16)14(2)11-21-12-15-9-7-6-8-10-15/h6-10,14,16-17H,5,11-13H2,1-4H3/t14-,16+,17-/m0/s1. The summed E-state index contributed by atoms with van der Waals surface area (Å²) >= 11 is 0. The number of carbonyl (C=O) groups excluding carboxylic acids is 1. The first kappa shape index (κ1) is 18.9. The summed E-state index contributed by atoms with van der Waals surface area (Å²) in [5.74, 6) is -1.35. The molecular formula is C19H28O5. The maximum atomic E-state index is 12.2. The SMILES string of the molecule is CCOC(=O)[C@@H]1COC(C)(C)O[C@H]1[C@@H](C)COCc1ccccc1. The van der Waals surface area contributed by atoms with Crippen molar-refractivity contribution in [2.45, 2.75) is 46.2 Å². The van der Waals surface area contributed by atoms with Gasteiger partial charge in [-0.1, -0.05) is 37.3 Å². The van der Waals surface area contributed by atoms with Crippen LogP contribution in [0.5, 0.6) is 0 Å². The van der Waals surface area contributed by atoms with Gasteiger partial charge in [-0.2, -0.15) is 0 Å². The highest BCUT2D eigenvalue weighted by Gasteiger charge is 2.43. The molecule has 0 N–H and O–H groups in total. The molecule has 5 nitrogen and oxygen atoms in total. The van der Waals surface area contributed by atoms with Crippen molar-refractivity contribution in [1.82, 2.24) is 0 Å². The molecule has 0 amide bonds. The van der Waals surface area contributed by atoms with Crippen LogP contribution >= 0.6 is 0 Å². The lowest BCUT2D eigenvalue weighted by atomic mass is 9.91. The summed E-state index contributed by atoms with van der Waals surface area (Å²) < 4.78 is 22.6. The second-order valence-electron chi connectivity index (χ2n) is 6.63. The lowest BCUT2D eigenvalue weighted by molar-refractivity contribution is -0.302. The van der Waals surface area contributed by atoms with E-state index in [1.54, 1.807) is 6.92 Å². The van der Waals surface area contributed by atoms with E-state index in [1.165, 1.54) is 0 Å². The minimum absolute atomic E-state index is 0.0475. The molecule has 134 valence electrons. The summed E-state index contributed by atoms with van der Waals surface area (Å²) in [4.78, 5) is 12.2. The average molecular weight is 336 g/mol. The van der Waals surface area contributed by atoms with E-state index in [4.69, 9.17) is 18.9 Å². The lowest BCUT2D eigenvalue weighted by Gasteiger charge is -2.42. The van der Waals surface area contributed by atoms with Crippen molar-refractivity contribution >= 4 is 5.97 Å². The third kappa shape index (κ3) is 5.30. The number of esters is 1. The van der Waals surface area contributed by atoms with Gasteiger partial charge in [-0.25, -0.2) is 0 Å². The highest BCUT2D eigenvalue weighted by atomic mass is 16.7. The molecule has 5 heteroatoms. The van der Waals surface area contributed by atoms with Gasteiger partial charge in [0, 0.05) is 5.92 Å². The van der Waals surface area contributed by atoms with E-state index in [9.17, 15) is 4.79 Å². The van der Waals surface area contributed by atoms with Gasteiger partial charge in [0.2, 0.25) is 0 Å². The zero-order valence-corrected chi connectivity index (χ0v) is 15.0. The van der Waals surface area contributed by atoms with Gasteiger partial charge in [0.15, 0.2) is 5.79 Å². The predicted octanol–water partition coefficient (Wildman–Crippen LogP) is 3.17. The second-order valence-corrected chi connectivity index (χ2v) is 6.63. The molecule has 0 unspecified atom stereocenters. The molecule has 1 aromatic carbocycles. The maximum absolute atomic E-state index is 12.2. The Morgan fingerprint density at radius 1 is 1.33 bits per heavy atom. The van der Waals surface area contributed by atoms with E-state index in [1.807, 2.05) is 51.1 Å². The molecule has 24 heavy (non-hydrogen) atoms.